The average molecular weight is 355 g/mol. The Kier molecular flexibility index (Phi) is 5.29. The number of rotatable bonds is 6. The summed E-state index contributed by atoms with van der Waals surface area (Å²) < 4.78 is 6.28. The first-order chi connectivity index (χ1) is 11.4. The molecule has 24 heavy (non-hydrogen) atoms. The fourth-order valence-corrected chi connectivity index (χ4v) is 2.39. The van der Waals surface area contributed by atoms with Crippen LogP contribution in [0, 0.1) is 10.1 Å². The van der Waals surface area contributed by atoms with Crippen LogP contribution in [-0.2, 0) is 16.6 Å². The summed E-state index contributed by atoms with van der Waals surface area (Å²) >= 11 is 5.82. The molecule has 0 spiro atoms. The molecule has 2 aromatic rings. The van der Waals surface area contributed by atoms with E-state index in [0.29, 0.717) is 12.2 Å². The fraction of sp³-hybridized carbons (Fsp3) is 0.385. The maximum atomic E-state index is 12.2. The monoisotopic (exact) mass is 354 g/mol. The van der Waals surface area contributed by atoms with Gasteiger partial charge in [-0.25, -0.2) is 9.78 Å². The molecule has 0 saturated carbocycles. The fourth-order valence-electron chi connectivity index (χ4n) is 2.26. The highest BCUT2D eigenvalue weighted by Gasteiger charge is 2.34. The zero-order valence-corrected chi connectivity index (χ0v) is 14.0. The molecule has 2 rings (SSSR count). The summed E-state index contributed by atoms with van der Waals surface area (Å²) in [6.45, 7) is 1.75. The normalized spacial score (nSPS) is 11.8. The van der Waals surface area contributed by atoms with E-state index in [1.54, 1.807) is 20.0 Å². The second kappa shape index (κ2) is 7.21. The van der Waals surface area contributed by atoms with Crippen LogP contribution in [-0.4, -0.2) is 43.8 Å². The Hall–Kier alpha value is -2.75. The van der Waals surface area contributed by atoms with Crippen LogP contribution in [0.15, 0.2) is 18.5 Å². The van der Waals surface area contributed by atoms with Crippen molar-refractivity contribution in [2.75, 3.05) is 12.0 Å². The zero-order valence-electron chi connectivity index (χ0n) is 13.2. The molecule has 0 fully saturated rings. The van der Waals surface area contributed by atoms with Crippen LogP contribution >= 0.6 is 11.6 Å². The lowest BCUT2D eigenvalue weighted by Gasteiger charge is -2.29. The Balaban J connectivity index is 2.72. The standard InChI is InChI=1S/C13H15ClN6O4/c1-4-8(12(21)24-3)19(10-5-6-16-18(10)2)11-9(20(22)23)7-15-13(14)17-11/h5-8H,4H2,1-3H3. The summed E-state index contributed by atoms with van der Waals surface area (Å²) in [5, 5.41) is 15.2. The van der Waals surface area contributed by atoms with Gasteiger partial charge < -0.3 is 4.74 Å². The van der Waals surface area contributed by atoms with Gasteiger partial charge in [0, 0.05) is 13.1 Å². The molecule has 0 saturated heterocycles. The van der Waals surface area contributed by atoms with Gasteiger partial charge in [0.25, 0.3) is 0 Å². The number of methoxy groups -OCH3 is 1. The van der Waals surface area contributed by atoms with Crippen molar-refractivity contribution >= 4 is 34.9 Å². The van der Waals surface area contributed by atoms with E-state index in [1.165, 1.54) is 22.9 Å². The van der Waals surface area contributed by atoms with Crippen molar-refractivity contribution in [1.29, 1.82) is 0 Å². The Bertz CT molecular complexity index is 765. The molecule has 0 amide bonds. The third kappa shape index (κ3) is 3.27. The van der Waals surface area contributed by atoms with Crippen molar-refractivity contribution in [1.82, 2.24) is 19.7 Å². The Morgan fingerprint density at radius 3 is 2.79 bits per heavy atom. The topological polar surface area (TPSA) is 116 Å². The van der Waals surface area contributed by atoms with Gasteiger partial charge in [0.1, 0.15) is 18.1 Å². The van der Waals surface area contributed by atoms with Gasteiger partial charge in [0.15, 0.2) is 0 Å². The van der Waals surface area contributed by atoms with E-state index in [9.17, 15) is 14.9 Å². The van der Waals surface area contributed by atoms with Crippen LogP contribution in [0.25, 0.3) is 0 Å². The highest BCUT2D eigenvalue weighted by atomic mass is 35.5. The summed E-state index contributed by atoms with van der Waals surface area (Å²) in [4.78, 5) is 31.9. The number of hydrogen-bond donors (Lipinski definition) is 0. The number of anilines is 2. The van der Waals surface area contributed by atoms with Gasteiger partial charge in [-0.1, -0.05) is 6.92 Å². The minimum Gasteiger partial charge on any atom is -0.467 e. The molecule has 0 aromatic carbocycles. The van der Waals surface area contributed by atoms with Crippen LogP contribution in [0.3, 0.4) is 0 Å². The largest absolute Gasteiger partial charge is 0.467 e. The molecule has 2 aromatic heterocycles. The third-order valence-corrected chi connectivity index (χ3v) is 3.54. The summed E-state index contributed by atoms with van der Waals surface area (Å²) in [5.41, 5.74) is -0.386. The van der Waals surface area contributed by atoms with E-state index in [1.807, 2.05) is 0 Å². The van der Waals surface area contributed by atoms with Crippen LogP contribution in [0.5, 0.6) is 0 Å². The number of carbonyl (C=O) groups excluding carboxylic acids is 1. The van der Waals surface area contributed by atoms with E-state index in [2.05, 4.69) is 15.1 Å². The number of carbonyl (C=O) groups is 1. The molecule has 1 atom stereocenters. The molecule has 0 aliphatic heterocycles. The SMILES string of the molecule is CCC(C(=O)OC)N(c1nc(Cl)ncc1[N+](=O)[O-])c1ccnn1C. The molecule has 0 radical (unpaired) electrons. The number of esters is 1. The molecule has 11 heteroatoms. The molecule has 0 bridgehead atoms. The maximum absolute atomic E-state index is 12.2. The molecule has 1 unspecified atom stereocenters. The first kappa shape index (κ1) is 17.6. The van der Waals surface area contributed by atoms with Crippen LogP contribution < -0.4 is 4.90 Å². The Morgan fingerprint density at radius 1 is 1.58 bits per heavy atom. The predicted octanol–water partition coefficient (Wildman–Crippen LogP) is 1.86. The molecule has 2 heterocycles. The van der Waals surface area contributed by atoms with E-state index < -0.39 is 16.9 Å². The van der Waals surface area contributed by atoms with Gasteiger partial charge >= 0.3 is 11.7 Å². The zero-order chi connectivity index (χ0) is 17.9. The number of ether oxygens (including phenoxy) is 1. The van der Waals surface area contributed by atoms with Gasteiger partial charge in [-0.3, -0.25) is 19.7 Å². The van der Waals surface area contributed by atoms with E-state index in [0.717, 1.165) is 6.20 Å². The maximum Gasteiger partial charge on any atom is 0.330 e. The van der Waals surface area contributed by atoms with Crippen molar-refractivity contribution in [2.24, 2.45) is 7.05 Å². The quantitative estimate of drug-likeness (QED) is 0.334. The molecular weight excluding hydrogens is 340 g/mol. The van der Waals surface area contributed by atoms with Crippen molar-refractivity contribution in [3.05, 3.63) is 33.9 Å². The van der Waals surface area contributed by atoms with Crippen molar-refractivity contribution in [2.45, 2.75) is 19.4 Å². The Labute approximate surface area is 142 Å². The predicted molar refractivity (Wildman–Crippen MR) is 85.1 cm³/mol. The summed E-state index contributed by atoms with van der Waals surface area (Å²) in [6.07, 6.45) is 2.82. The number of aromatic nitrogens is 4. The van der Waals surface area contributed by atoms with E-state index in [-0.39, 0.29) is 16.8 Å². The van der Waals surface area contributed by atoms with Gasteiger partial charge in [-0.05, 0) is 18.0 Å². The van der Waals surface area contributed by atoms with Crippen LogP contribution in [0.1, 0.15) is 13.3 Å². The summed E-state index contributed by atoms with van der Waals surface area (Å²) in [7, 11) is 2.88. The number of hydrogen-bond acceptors (Lipinski definition) is 8. The Morgan fingerprint density at radius 2 is 2.29 bits per heavy atom. The minimum atomic E-state index is -0.852. The number of halogens is 1. The molecule has 0 aliphatic rings. The van der Waals surface area contributed by atoms with Crippen LogP contribution in [0.2, 0.25) is 5.28 Å². The van der Waals surface area contributed by atoms with Gasteiger partial charge in [0.05, 0.1) is 18.2 Å². The molecular formula is C13H15ClN6O4. The highest BCUT2D eigenvalue weighted by molar-refractivity contribution is 6.28. The van der Waals surface area contributed by atoms with Crippen LogP contribution in [0.4, 0.5) is 17.3 Å². The lowest BCUT2D eigenvalue weighted by Crippen LogP contribution is -2.40. The second-order valence-corrected chi connectivity index (χ2v) is 5.07. The van der Waals surface area contributed by atoms with E-state index >= 15 is 0 Å². The molecule has 0 N–H and O–H groups in total. The second-order valence-electron chi connectivity index (χ2n) is 4.74. The van der Waals surface area contributed by atoms with Crippen molar-refractivity contribution in [3.8, 4) is 0 Å². The highest BCUT2D eigenvalue weighted by Crippen LogP contribution is 2.34. The molecule has 128 valence electrons. The first-order valence-electron chi connectivity index (χ1n) is 6.92. The summed E-state index contributed by atoms with van der Waals surface area (Å²) in [5.74, 6) is -0.256. The third-order valence-electron chi connectivity index (χ3n) is 3.36. The van der Waals surface area contributed by atoms with Crippen molar-refractivity contribution < 1.29 is 14.5 Å². The van der Waals surface area contributed by atoms with Crippen molar-refractivity contribution in [3.63, 3.8) is 0 Å². The first-order valence-corrected chi connectivity index (χ1v) is 7.30. The van der Waals surface area contributed by atoms with Gasteiger partial charge in [-0.2, -0.15) is 10.1 Å². The minimum absolute atomic E-state index is 0.110. The smallest absolute Gasteiger partial charge is 0.330 e. The average Bonchev–Trinajstić information content (AvgIpc) is 2.97. The lowest BCUT2D eigenvalue weighted by atomic mass is 10.2. The lowest BCUT2D eigenvalue weighted by molar-refractivity contribution is -0.384. The van der Waals surface area contributed by atoms with E-state index in [4.69, 9.17) is 16.3 Å². The summed E-state index contributed by atoms with van der Waals surface area (Å²) in [6, 6.07) is 0.751. The number of aryl methyl sites for hydroxylation is 1. The van der Waals surface area contributed by atoms with Gasteiger partial charge in [0.2, 0.25) is 11.1 Å². The molecule has 0 aliphatic carbocycles. The number of nitrogens with zero attached hydrogens (tertiary/aromatic N) is 6. The van der Waals surface area contributed by atoms with Gasteiger partial charge in [-0.15, -0.1) is 0 Å². The number of nitro groups is 1. The molecule has 10 nitrogen and oxygen atoms in total.